The van der Waals surface area contributed by atoms with E-state index in [-0.39, 0.29) is 5.56 Å². The SMILES string of the molecule is CC(C)C1CCCN(Cc2cc(C(=O)O)co2)CC1. The molecule has 0 aliphatic carbocycles. The fourth-order valence-electron chi connectivity index (χ4n) is 2.80. The number of hydrogen-bond donors (Lipinski definition) is 1. The molecule has 0 aromatic carbocycles. The van der Waals surface area contributed by atoms with Gasteiger partial charge in [-0.25, -0.2) is 4.79 Å². The third kappa shape index (κ3) is 3.83. The molecule has 0 bridgehead atoms. The van der Waals surface area contributed by atoms with Crippen molar-refractivity contribution < 1.29 is 14.3 Å². The third-order valence-electron chi connectivity index (χ3n) is 4.09. The maximum absolute atomic E-state index is 10.8. The topological polar surface area (TPSA) is 53.7 Å². The van der Waals surface area contributed by atoms with Gasteiger partial charge in [0.15, 0.2) is 0 Å². The zero-order valence-corrected chi connectivity index (χ0v) is 11.8. The Morgan fingerprint density at radius 2 is 2.26 bits per heavy atom. The Morgan fingerprint density at radius 1 is 1.47 bits per heavy atom. The number of nitrogens with zero attached hydrogens (tertiary/aromatic N) is 1. The summed E-state index contributed by atoms with van der Waals surface area (Å²) in [4.78, 5) is 13.2. The van der Waals surface area contributed by atoms with Gasteiger partial charge in [-0.05, 0) is 50.3 Å². The van der Waals surface area contributed by atoms with Crippen LogP contribution in [-0.2, 0) is 6.54 Å². The number of aromatic carboxylic acids is 1. The van der Waals surface area contributed by atoms with E-state index < -0.39 is 5.97 Å². The molecule has 1 saturated heterocycles. The Labute approximate surface area is 114 Å². The maximum Gasteiger partial charge on any atom is 0.338 e. The molecule has 1 aliphatic heterocycles. The van der Waals surface area contributed by atoms with Crippen LogP contribution in [0.4, 0.5) is 0 Å². The first-order valence-corrected chi connectivity index (χ1v) is 7.09. The predicted molar refractivity (Wildman–Crippen MR) is 73.1 cm³/mol. The minimum atomic E-state index is -0.925. The van der Waals surface area contributed by atoms with Gasteiger partial charge in [0.05, 0.1) is 12.1 Å². The van der Waals surface area contributed by atoms with E-state index in [1.807, 2.05) is 0 Å². The minimum Gasteiger partial charge on any atom is -0.478 e. The van der Waals surface area contributed by atoms with E-state index in [4.69, 9.17) is 9.52 Å². The van der Waals surface area contributed by atoms with Gasteiger partial charge in [0.1, 0.15) is 12.0 Å². The molecule has 0 spiro atoms. The quantitative estimate of drug-likeness (QED) is 0.908. The van der Waals surface area contributed by atoms with Crippen LogP contribution in [0, 0.1) is 11.8 Å². The molecule has 106 valence electrons. The van der Waals surface area contributed by atoms with Gasteiger partial charge in [0.25, 0.3) is 0 Å². The standard InChI is InChI=1S/C15H23NO3/c1-11(2)12-4-3-6-16(7-5-12)9-14-8-13(10-19-14)15(17)18/h8,10-12H,3-7,9H2,1-2H3,(H,17,18). The van der Waals surface area contributed by atoms with E-state index in [1.165, 1.54) is 25.5 Å². The summed E-state index contributed by atoms with van der Waals surface area (Å²) in [7, 11) is 0. The van der Waals surface area contributed by atoms with Crippen molar-refractivity contribution in [1.29, 1.82) is 0 Å². The van der Waals surface area contributed by atoms with Gasteiger partial charge < -0.3 is 9.52 Å². The molecule has 1 N–H and O–H groups in total. The van der Waals surface area contributed by atoms with Gasteiger partial charge in [-0.1, -0.05) is 13.8 Å². The van der Waals surface area contributed by atoms with Crippen molar-refractivity contribution in [3.8, 4) is 0 Å². The summed E-state index contributed by atoms with van der Waals surface area (Å²) in [5.74, 6) is 1.39. The Kier molecular flexibility index (Phi) is 4.64. The lowest BCUT2D eigenvalue weighted by Gasteiger charge is -2.20. The molecule has 1 aromatic heterocycles. The molecule has 1 unspecified atom stereocenters. The molecule has 1 atom stereocenters. The summed E-state index contributed by atoms with van der Waals surface area (Å²) in [6.07, 6.45) is 5.07. The largest absolute Gasteiger partial charge is 0.478 e. The van der Waals surface area contributed by atoms with E-state index in [0.717, 1.165) is 37.2 Å². The lowest BCUT2D eigenvalue weighted by Crippen LogP contribution is -2.24. The van der Waals surface area contributed by atoms with E-state index >= 15 is 0 Å². The van der Waals surface area contributed by atoms with E-state index in [2.05, 4.69) is 18.7 Å². The fraction of sp³-hybridized carbons (Fsp3) is 0.667. The van der Waals surface area contributed by atoms with Crippen LogP contribution < -0.4 is 0 Å². The van der Waals surface area contributed by atoms with E-state index in [0.29, 0.717) is 0 Å². The molecule has 19 heavy (non-hydrogen) atoms. The number of hydrogen-bond acceptors (Lipinski definition) is 3. The molecule has 4 nitrogen and oxygen atoms in total. The Morgan fingerprint density at radius 3 is 2.89 bits per heavy atom. The highest BCUT2D eigenvalue weighted by Gasteiger charge is 2.20. The van der Waals surface area contributed by atoms with Gasteiger partial charge >= 0.3 is 5.97 Å². The normalized spacial score (nSPS) is 21.5. The first-order valence-electron chi connectivity index (χ1n) is 7.09. The maximum atomic E-state index is 10.8. The molecular weight excluding hydrogens is 242 g/mol. The summed E-state index contributed by atoms with van der Waals surface area (Å²) in [5, 5.41) is 8.87. The lowest BCUT2D eigenvalue weighted by atomic mass is 9.89. The second kappa shape index (κ2) is 6.24. The Bertz CT molecular complexity index is 425. The van der Waals surface area contributed by atoms with E-state index in [9.17, 15) is 4.79 Å². The van der Waals surface area contributed by atoms with Crippen molar-refractivity contribution in [2.45, 2.75) is 39.7 Å². The van der Waals surface area contributed by atoms with Crippen LogP contribution >= 0.6 is 0 Å². The number of carboxylic acids is 1. The summed E-state index contributed by atoms with van der Waals surface area (Å²) >= 11 is 0. The van der Waals surface area contributed by atoms with Crippen molar-refractivity contribution in [2.75, 3.05) is 13.1 Å². The fourth-order valence-corrected chi connectivity index (χ4v) is 2.80. The lowest BCUT2D eigenvalue weighted by molar-refractivity contribution is 0.0696. The highest BCUT2D eigenvalue weighted by molar-refractivity contribution is 5.87. The van der Waals surface area contributed by atoms with E-state index in [1.54, 1.807) is 6.07 Å². The molecular formula is C15H23NO3. The van der Waals surface area contributed by atoms with Crippen molar-refractivity contribution in [3.05, 3.63) is 23.7 Å². The molecule has 0 radical (unpaired) electrons. The number of rotatable bonds is 4. The Balaban J connectivity index is 1.90. The molecule has 1 aliphatic rings. The zero-order valence-electron chi connectivity index (χ0n) is 11.8. The van der Waals surface area contributed by atoms with Crippen LogP contribution in [0.25, 0.3) is 0 Å². The average Bonchev–Trinajstić information content (AvgIpc) is 2.68. The molecule has 2 rings (SSSR count). The van der Waals surface area contributed by atoms with Crippen LogP contribution in [0.15, 0.2) is 16.7 Å². The second-order valence-electron chi connectivity index (χ2n) is 5.82. The molecule has 0 saturated carbocycles. The van der Waals surface area contributed by atoms with Crippen molar-refractivity contribution in [2.24, 2.45) is 11.8 Å². The number of carbonyl (C=O) groups is 1. The van der Waals surface area contributed by atoms with Crippen LogP contribution in [0.1, 0.15) is 49.2 Å². The first kappa shape index (κ1) is 14.1. The second-order valence-corrected chi connectivity index (χ2v) is 5.82. The molecule has 2 heterocycles. The highest BCUT2D eigenvalue weighted by atomic mass is 16.4. The minimum absolute atomic E-state index is 0.241. The number of furan rings is 1. The monoisotopic (exact) mass is 265 g/mol. The predicted octanol–water partition coefficient (Wildman–Crippen LogP) is 3.24. The van der Waals surface area contributed by atoms with Crippen molar-refractivity contribution >= 4 is 5.97 Å². The van der Waals surface area contributed by atoms with Crippen LogP contribution in [0.5, 0.6) is 0 Å². The smallest absolute Gasteiger partial charge is 0.338 e. The van der Waals surface area contributed by atoms with Gasteiger partial charge in [-0.15, -0.1) is 0 Å². The molecule has 1 fully saturated rings. The summed E-state index contributed by atoms with van der Waals surface area (Å²) in [6, 6.07) is 1.63. The van der Waals surface area contributed by atoms with Crippen LogP contribution in [-0.4, -0.2) is 29.1 Å². The average molecular weight is 265 g/mol. The third-order valence-corrected chi connectivity index (χ3v) is 4.09. The first-order chi connectivity index (χ1) is 9.06. The van der Waals surface area contributed by atoms with Crippen LogP contribution in [0.2, 0.25) is 0 Å². The zero-order chi connectivity index (χ0) is 13.8. The molecule has 1 aromatic rings. The van der Waals surface area contributed by atoms with Crippen molar-refractivity contribution in [3.63, 3.8) is 0 Å². The van der Waals surface area contributed by atoms with Gasteiger partial charge in [0, 0.05) is 0 Å². The summed E-state index contributed by atoms with van der Waals surface area (Å²) in [5.41, 5.74) is 0.241. The summed E-state index contributed by atoms with van der Waals surface area (Å²) < 4.78 is 5.32. The Hall–Kier alpha value is -1.29. The molecule has 4 heteroatoms. The van der Waals surface area contributed by atoms with Gasteiger partial charge in [-0.3, -0.25) is 4.90 Å². The molecule has 0 amide bonds. The highest BCUT2D eigenvalue weighted by Crippen LogP contribution is 2.25. The van der Waals surface area contributed by atoms with Crippen LogP contribution in [0.3, 0.4) is 0 Å². The van der Waals surface area contributed by atoms with Crippen molar-refractivity contribution in [1.82, 2.24) is 4.90 Å². The van der Waals surface area contributed by atoms with Gasteiger partial charge in [-0.2, -0.15) is 0 Å². The number of likely N-dealkylation sites (tertiary alicyclic amines) is 1. The van der Waals surface area contributed by atoms with Gasteiger partial charge in [0.2, 0.25) is 0 Å². The number of carboxylic acid groups (broad SMARTS) is 1. The summed E-state index contributed by atoms with van der Waals surface area (Å²) in [6.45, 7) is 7.47.